The minimum absolute atomic E-state index is 0.0496. The van der Waals surface area contributed by atoms with Gasteiger partial charge in [0.1, 0.15) is 11.5 Å². The third-order valence-electron chi connectivity index (χ3n) is 4.92. The Labute approximate surface area is 130 Å². The topological polar surface area (TPSA) is 56.8 Å². The van der Waals surface area contributed by atoms with Gasteiger partial charge in [-0.2, -0.15) is 0 Å². The molecule has 1 amide bonds. The van der Waals surface area contributed by atoms with Crippen LogP contribution >= 0.6 is 0 Å². The molecule has 120 valence electrons. The Morgan fingerprint density at radius 1 is 1.23 bits per heavy atom. The van der Waals surface area contributed by atoms with Crippen LogP contribution in [0.2, 0.25) is 0 Å². The van der Waals surface area contributed by atoms with Crippen molar-refractivity contribution >= 4 is 5.91 Å². The van der Waals surface area contributed by atoms with Crippen molar-refractivity contribution in [2.45, 2.75) is 31.7 Å². The monoisotopic (exact) mass is 305 g/mol. The molecule has 1 saturated carbocycles. The first-order valence-electron chi connectivity index (χ1n) is 7.86. The largest absolute Gasteiger partial charge is 0.497 e. The molecule has 0 aromatic heterocycles. The van der Waals surface area contributed by atoms with Crippen molar-refractivity contribution < 1.29 is 19.0 Å². The second-order valence-corrected chi connectivity index (χ2v) is 6.10. The molecule has 1 aromatic rings. The number of ether oxygens (including phenoxy) is 3. The lowest BCUT2D eigenvalue weighted by molar-refractivity contribution is -0.129. The van der Waals surface area contributed by atoms with Gasteiger partial charge in [-0.1, -0.05) is 0 Å². The highest BCUT2D eigenvalue weighted by Gasteiger charge is 2.47. The lowest BCUT2D eigenvalue weighted by atomic mass is 9.60. The SMILES string of the molecule is COc1ccc(OCC(=O)NC2CCC23CCOCC3)cc1. The number of carbonyl (C=O) groups is 1. The molecular formula is C17H23NO4. The van der Waals surface area contributed by atoms with E-state index in [0.717, 1.165) is 38.2 Å². The molecular weight excluding hydrogens is 282 g/mol. The highest BCUT2D eigenvalue weighted by molar-refractivity contribution is 5.78. The average Bonchev–Trinajstić information content (AvgIpc) is 2.58. The molecule has 1 aliphatic heterocycles. The Bertz CT molecular complexity index is 508. The zero-order valence-electron chi connectivity index (χ0n) is 13.0. The summed E-state index contributed by atoms with van der Waals surface area (Å²) in [5.41, 5.74) is 0.272. The number of carbonyl (C=O) groups excluding carboxylic acids is 1. The van der Waals surface area contributed by atoms with Gasteiger partial charge in [0, 0.05) is 19.3 Å². The number of hydrogen-bond acceptors (Lipinski definition) is 4. The third kappa shape index (κ3) is 3.19. The Hall–Kier alpha value is -1.75. The van der Waals surface area contributed by atoms with Gasteiger partial charge < -0.3 is 19.5 Å². The van der Waals surface area contributed by atoms with E-state index in [0.29, 0.717) is 5.75 Å². The fraction of sp³-hybridized carbons (Fsp3) is 0.588. The van der Waals surface area contributed by atoms with E-state index in [2.05, 4.69) is 5.32 Å². The van der Waals surface area contributed by atoms with Gasteiger partial charge in [0.25, 0.3) is 5.91 Å². The lowest BCUT2D eigenvalue weighted by Gasteiger charge is -2.52. The summed E-state index contributed by atoms with van der Waals surface area (Å²) in [5, 5.41) is 3.13. The first-order valence-corrected chi connectivity index (χ1v) is 7.86. The van der Waals surface area contributed by atoms with Gasteiger partial charge >= 0.3 is 0 Å². The molecule has 1 aliphatic carbocycles. The van der Waals surface area contributed by atoms with Gasteiger partial charge in [-0.25, -0.2) is 0 Å². The first-order chi connectivity index (χ1) is 10.7. The summed E-state index contributed by atoms with van der Waals surface area (Å²) >= 11 is 0. The Balaban J connectivity index is 1.46. The molecule has 2 aliphatic rings. The van der Waals surface area contributed by atoms with Crippen molar-refractivity contribution in [3.63, 3.8) is 0 Å². The number of benzene rings is 1. The van der Waals surface area contributed by atoms with Crippen LogP contribution in [0.1, 0.15) is 25.7 Å². The number of amides is 1. The van der Waals surface area contributed by atoms with Crippen LogP contribution in [0, 0.1) is 5.41 Å². The standard InChI is InChI=1S/C17H23NO4/c1-20-13-2-4-14(5-3-13)22-12-16(19)18-15-6-7-17(15)8-10-21-11-9-17/h2-5,15H,6-12H2,1H3,(H,18,19). The summed E-state index contributed by atoms with van der Waals surface area (Å²) in [7, 11) is 1.62. The number of methoxy groups -OCH3 is 1. The molecule has 5 heteroatoms. The highest BCUT2D eigenvalue weighted by Crippen LogP contribution is 2.48. The van der Waals surface area contributed by atoms with Crippen LogP contribution in [-0.4, -0.2) is 38.9 Å². The highest BCUT2D eigenvalue weighted by atomic mass is 16.5. The molecule has 1 heterocycles. The van der Waals surface area contributed by atoms with Gasteiger partial charge in [-0.15, -0.1) is 0 Å². The average molecular weight is 305 g/mol. The van der Waals surface area contributed by atoms with Gasteiger partial charge in [-0.05, 0) is 55.4 Å². The van der Waals surface area contributed by atoms with Crippen LogP contribution in [-0.2, 0) is 9.53 Å². The van der Waals surface area contributed by atoms with E-state index in [1.54, 1.807) is 19.2 Å². The summed E-state index contributed by atoms with van der Waals surface area (Å²) < 4.78 is 16.0. The van der Waals surface area contributed by atoms with Crippen LogP contribution in [0.15, 0.2) is 24.3 Å². The zero-order chi connectivity index (χ0) is 15.4. The molecule has 2 fully saturated rings. The van der Waals surface area contributed by atoms with Crippen molar-refractivity contribution in [3.05, 3.63) is 24.3 Å². The minimum Gasteiger partial charge on any atom is -0.497 e. The maximum Gasteiger partial charge on any atom is 0.258 e. The molecule has 0 radical (unpaired) electrons. The van der Waals surface area contributed by atoms with Gasteiger partial charge in [0.15, 0.2) is 6.61 Å². The third-order valence-corrected chi connectivity index (χ3v) is 4.92. The molecule has 0 bridgehead atoms. The predicted octanol–water partition coefficient (Wildman–Crippen LogP) is 2.15. The van der Waals surface area contributed by atoms with E-state index >= 15 is 0 Å². The first kappa shape index (κ1) is 15.2. The molecule has 1 spiro atoms. The maximum absolute atomic E-state index is 12.1. The van der Waals surface area contributed by atoms with Crippen LogP contribution in [0.5, 0.6) is 11.5 Å². The van der Waals surface area contributed by atoms with E-state index in [1.807, 2.05) is 12.1 Å². The molecule has 3 rings (SSSR count). The fourth-order valence-corrected chi connectivity index (χ4v) is 3.36. The Kier molecular flexibility index (Phi) is 4.52. The van der Waals surface area contributed by atoms with Gasteiger partial charge in [0.2, 0.25) is 0 Å². The molecule has 1 saturated heterocycles. The van der Waals surface area contributed by atoms with Gasteiger partial charge in [-0.3, -0.25) is 4.79 Å². The molecule has 1 atom stereocenters. The number of nitrogens with one attached hydrogen (secondary N) is 1. The quantitative estimate of drug-likeness (QED) is 0.905. The minimum atomic E-state index is -0.0496. The Morgan fingerprint density at radius 3 is 2.50 bits per heavy atom. The fourth-order valence-electron chi connectivity index (χ4n) is 3.36. The van der Waals surface area contributed by atoms with Crippen molar-refractivity contribution in [1.29, 1.82) is 0 Å². The van der Waals surface area contributed by atoms with Crippen molar-refractivity contribution in [2.75, 3.05) is 26.9 Å². The molecule has 22 heavy (non-hydrogen) atoms. The molecule has 1 unspecified atom stereocenters. The maximum atomic E-state index is 12.1. The summed E-state index contributed by atoms with van der Waals surface area (Å²) in [6.07, 6.45) is 4.36. The van der Waals surface area contributed by atoms with Crippen molar-refractivity contribution in [3.8, 4) is 11.5 Å². The van der Waals surface area contributed by atoms with E-state index in [-0.39, 0.29) is 24.0 Å². The van der Waals surface area contributed by atoms with Crippen LogP contribution in [0.3, 0.4) is 0 Å². The second kappa shape index (κ2) is 6.57. The second-order valence-electron chi connectivity index (χ2n) is 6.10. The summed E-state index contributed by atoms with van der Waals surface area (Å²) in [6.45, 7) is 1.68. The number of rotatable bonds is 5. The molecule has 5 nitrogen and oxygen atoms in total. The summed E-state index contributed by atoms with van der Waals surface area (Å²) in [4.78, 5) is 12.1. The van der Waals surface area contributed by atoms with E-state index in [1.165, 1.54) is 6.42 Å². The normalized spacial score (nSPS) is 22.7. The Morgan fingerprint density at radius 2 is 1.91 bits per heavy atom. The van der Waals surface area contributed by atoms with Gasteiger partial charge in [0.05, 0.1) is 7.11 Å². The summed E-state index contributed by atoms with van der Waals surface area (Å²) in [6, 6.07) is 7.51. The van der Waals surface area contributed by atoms with Crippen LogP contribution in [0.4, 0.5) is 0 Å². The van der Waals surface area contributed by atoms with Crippen LogP contribution < -0.4 is 14.8 Å². The summed E-state index contributed by atoms with van der Waals surface area (Å²) in [5.74, 6) is 1.39. The zero-order valence-corrected chi connectivity index (χ0v) is 13.0. The van der Waals surface area contributed by atoms with E-state index in [4.69, 9.17) is 14.2 Å². The van der Waals surface area contributed by atoms with Crippen molar-refractivity contribution in [1.82, 2.24) is 5.32 Å². The number of hydrogen-bond donors (Lipinski definition) is 1. The van der Waals surface area contributed by atoms with Crippen molar-refractivity contribution in [2.24, 2.45) is 5.41 Å². The smallest absolute Gasteiger partial charge is 0.258 e. The molecule has 1 N–H and O–H groups in total. The predicted molar refractivity (Wildman–Crippen MR) is 82.1 cm³/mol. The molecule has 1 aromatic carbocycles. The lowest BCUT2D eigenvalue weighted by Crippen LogP contribution is -2.57. The van der Waals surface area contributed by atoms with E-state index in [9.17, 15) is 4.79 Å². The van der Waals surface area contributed by atoms with E-state index < -0.39 is 0 Å². The van der Waals surface area contributed by atoms with Crippen LogP contribution in [0.25, 0.3) is 0 Å².